The molecule has 0 fully saturated rings. The number of guanidine groups is 2. The maximum absolute atomic E-state index is 11.9. The van der Waals surface area contributed by atoms with Gasteiger partial charge in [-0.05, 0) is 12.1 Å². The summed E-state index contributed by atoms with van der Waals surface area (Å²) in [5.41, 5.74) is 17.2. The van der Waals surface area contributed by atoms with Gasteiger partial charge in [0.05, 0.1) is 5.56 Å². The zero-order valence-electron chi connectivity index (χ0n) is 7.84. The van der Waals surface area contributed by atoms with Gasteiger partial charge in [-0.2, -0.15) is 0 Å². The highest BCUT2D eigenvalue weighted by Crippen LogP contribution is 2.22. The Morgan fingerprint density at radius 3 is 2.60 bits per heavy atom. The van der Waals surface area contributed by atoms with Gasteiger partial charge >= 0.3 is 11.9 Å². The first-order valence-corrected chi connectivity index (χ1v) is 4.27. The lowest BCUT2D eigenvalue weighted by molar-refractivity contribution is -0.307. The number of nitrogens with two attached hydrogens (primary N) is 3. The van der Waals surface area contributed by atoms with Gasteiger partial charge in [-0.15, -0.1) is 9.57 Å². The van der Waals surface area contributed by atoms with Crippen molar-refractivity contribution in [2.24, 2.45) is 22.2 Å². The molecule has 0 aliphatic carbocycles. The molecule has 1 amide bonds. The van der Waals surface area contributed by atoms with Gasteiger partial charge < -0.3 is 17.2 Å². The van der Waals surface area contributed by atoms with Gasteiger partial charge in [0.25, 0.3) is 5.96 Å². The van der Waals surface area contributed by atoms with E-state index in [-0.39, 0.29) is 17.8 Å². The molecule has 1 aliphatic rings. The van der Waals surface area contributed by atoms with Crippen LogP contribution in [0.15, 0.2) is 29.3 Å². The fourth-order valence-corrected chi connectivity index (χ4v) is 1.40. The van der Waals surface area contributed by atoms with Gasteiger partial charge in [0.2, 0.25) is 0 Å². The summed E-state index contributed by atoms with van der Waals surface area (Å²) in [5.74, 6) is -0.562. The van der Waals surface area contributed by atoms with Gasteiger partial charge in [-0.25, -0.2) is 0 Å². The monoisotopic (exact) mass is 204 g/mol. The molecule has 1 heterocycles. The van der Waals surface area contributed by atoms with E-state index in [0.717, 1.165) is 4.58 Å². The van der Waals surface area contributed by atoms with Crippen molar-refractivity contribution >= 4 is 23.5 Å². The second kappa shape index (κ2) is 3.09. The third-order valence-electron chi connectivity index (χ3n) is 2.06. The average Bonchev–Trinajstić information content (AvgIpc) is 2.17. The first-order valence-electron chi connectivity index (χ1n) is 4.27. The van der Waals surface area contributed by atoms with Crippen molar-refractivity contribution in [3.63, 3.8) is 0 Å². The molecule has 0 atom stereocenters. The summed E-state index contributed by atoms with van der Waals surface area (Å²) in [4.78, 5) is 15.9. The summed E-state index contributed by atoms with van der Waals surface area (Å²) < 4.78 is 0.975. The smallest absolute Gasteiger partial charge is 0.322 e. The van der Waals surface area contributed by atoms with Crippen LogP contribution in [0, 0.1) is 0 Å². The maximum atomic E-state index is 11.9. The number of amides is 1. The zero-order valence-corrected chi connectivity index (χ0v) is 7.84. The van der Waals surface area contributed by atoms with Crippen LogP contribution < -0.4 is 17.2 Å². The van der Waals surface area contributed by atoms with E-state index in [1.807, 2.05) is 0 Å². The third-order valence-corrected chi connectivity index (χ3v) is 2.06. The summed E-state index contributed by atoms with van der Waals surface area (Å²) in [6.07, 6.45) is 0. The van der Waals surface area contributed by atoms with Crippen molar-refractivity contribution in [2.45, 2.75) is 0 Å². The van der Waals surface area contributed by atoms with Crippen LogP contribution in [0.3, 0.4) is 0 Å². The number of para-hydroxylation sites is 1. The molecule has 0 spiro atoms. The Morgan fingerprint density at radius 1 is 1.27 bits per heavy atom. The highest BCUT2D eigenvalue weighted by molar-refractivity contribution is 6.05. The predicted octanol–water partition coefficient (Wildman–Crippen LogP) is -0.927. The van der Waals surface area contributed by atoms with Crippen LogP contribution in [0.1, 0.15) is 10.4 Å². The number of fused-ring (bicyclic) bond motifs is 1. The number of hydrogen-bond acceptors (Lipinski definition) is 3. The number of hydrogen-bond donors (Lipinski definition) is 3. The van der Waals surface area contributed by atoms with E-state index >= 15 is 0 Å². The molecule has 1 aromatic rings. The summed E-state index contributed by atoms with van der Waals surface area (Å²) >= 11 is 0. The Balaban J connectivity index is 2.70. The highest BCUT2D eigenvalue weighted by Gasteiger charge is 2.28. The second-order valence-electron chi connectivity index (χ2n) is 3.05. The van der Waals surface area contributed by atoms with Crippen LogP contribution in [-0.4, -0.2) is 22.4 Å². The van der Waals surface area contributed by atoms with Gasteiger partial charge in [-0.3, -0.25) is 4.79 Å². The highest BCUT2D eigenvalue weighted by atomic mass is 16.2. The molecule has 1 aliphatic heterocycles. The minimum atomic E-state index is -0.363. The van der Waals surface area contributed by atoms with E-state index in [2.05, 4.69) is 4.99 Å². The van der Waals surface area contributed by atoms with Crippen LogP contribution in [0.5, 0.6) is 0 Å². The minimum Gasteiger partial charge on any atom is -0.322 e. The normalized spacial score (nSPS) is 14.5. The molecule has 6 N–H and O–H groups in total. The van der Waals surface area contributed by atoms with E-state index in [4.69, 9.17) is 17.2 Å². The largest absolute Gasteiger partial charge is 0.326 e. The van der Waals surface area contributed by atoms with Crippen molar-refractivity contribution in [3.05, 3.63) is 29.8 Å². The van der Waals surface area contributed by atoms with Gasteiger partial charge in [0, 0.05) is 0 Å². The quantitative estimate of drug-likeness (QED) is 0.374. The Morgan fingerprint density at radius 2 is 1.93 bits per heavy atom. The maximum Gasteiger partial charge on any atom is 0.326 e. The Bertz CT molecular complexity index is 499. The van der Waals surface area contributed by atoms with E-state index in [1.165, 1.54) is 0 Å². The summed E-state index contributed by atoms with van der Waals surface area (Å²) in [6.45, 7) is 0. The molecular weight excluding hydrogens is 194 g/mol. The minimum absolute atomic E-state index is 0.0151. The molecular formula is C9H10N5O+. The van der Waals surface area contributed by atoms with Crippen molar-refractivity contribution in [2.75, 3.05) is 0 Å². The molecule has 0 unspecified atom stereocenters. The molecule has 6 nitrogen and oxygen atoms in total. The molecule has 0 bridgehead atoms. The van der Waals surface area contributed by atoms with Crippen LogP contribution >= 0.6 is 0 Å². The molecule has 76 valence electrons. The Kier molecular flexibility index (Phi) is 1.89. The number of benzene rings is 1. The molecule has 0 saturated carbocycles. The third kappa shape index (κ3) is 1.32. The zero-order chi connectivity index (χ0) is 11.0. The van der Waals surface area contributed by atoms with E-state index in [1.54, 1.807) is 24.3 Å². The summed E-state index contributed by atoms with van der Waals surface area (Å²) in [6, 6.07) is 6.85. The van der Waals surface area contributed by atoms with E-state index in [0.29, 0.717) is 11.3 Å². The van der Waals surface area contributed by atoms with Crippen LogP contribution in [-0.2, 0) is 0 Å². The second-order valence-corrected chi connectivity index (χ2v) is 3.05. The molecule has 6 heteroatoms. The van der Waals surface area contributed by atoms with Gasteiger partial charge in [0.1, 0.15) is 5.69 Å². The van der Waals surface area contributed by atoms with Crippen LogP contribution in [0.2, 0.25) is 0 Å². The lowest BCUT2D eigenvalue weighted by atomic mass is 10.1. The number of aliphatic imine (C=N–C) groups is 1. The van der Waals surface area contributed by atoms with E-state index < -0.39 is 0 Å². The Labute approximate surface area is 85.7 Å². The topological polar surface area (TPSA) is 110 Å². The number of carbonyl (C=O) groups is 1. The van der Waals surface area contributed by atoms with E-state index in [9.17, 15) is 4.79 Å². The lowest BCUT2D eigenvalue weighted by Crippen LogP contribution is -2.46. The van der Waals surface area contributed by atoms with Crippen LogP contribution in [0.25, 0.3) is 0 Å². The van der Waals surface area contributed by atoms with Crippen molar-refractivity contribution in [1.29, 1.82) is 0 Å². The average molecular weight is 204 g/mol. The fraction of sp³-hybridized carbons (Fsp3) is 0. The first kappa shape index (κ1) is 9.20. The van der Waals surface area contributed by atoms with Gasteiger partial charge in [0.15, 0.2) is 0 Å². The van der Waals surface area contributed by atoms with Crippen molar-refractivity contribution in [1.82, 2.24) is 0 Å². The van der Waals surface area contributed by atoms with Crippen LogP contribution in [0.4, 0.5) is 5.69 Å². The number of rotatable bonds is 0. The van der Waals surface area contributed by atoms with Gasteiger partial charge in [-0.1, -0.05) is 12.1 Å². The lowest BCUT2D eigenvalue weighted by Gasteiger charge is -2.12. The van der Waals surface area contributed by atoms with Crippen molar-refractivity contribution < 1.29 is 9.37 Å². The molecule has 0 radical (unpaired) electrons. The van der Waals surface area contributed by atoms with Crippen molar-refractivity contribution in [3.8, 4) is 0 Å². The first-order chi connectivity index (χ1) is 7.11. The standard InChI is InChI=1S/C9H9N5O/c10-8(11)14-7(15)5-3-1-2-4-6(5)13-9(14)12/h1-4H,(H5,10,11,12,13,15)/p+1. The predicted molar refractivity (Wildman–Crippen MR) is 55.7 cm³/mol. The molecule has 1 aromatic carbocycles. The summed E-state index contributed by atoms with van der Waals surface area (Å²) in [5, 5.41) is 0. The fourth-order valence-electron chi connectivity index (χ4n) is 1.40. The number of nitrogens with zero attached hydrogens (tertiary/aromatic N) is 2. The molecule has 15 heavy (non-hydrogen) atoms. The Hall–Kier alpha value is -2.37. The SMILES string of the molecule is NC1=Nc2ccccc2C(=O)[N+]1=C(N)N. The number of carbonyl (C=O) groups excluding carboxylic acids is 1. The molecule has 0 saturated heterocycles. The molecule has 2 rings (SSSR count). The summed E-state index contributed by atoms with van der Waals surface area (Å²) in [7, 11) is 0. The molecule has 0 aromatic heterocycles.